The summed E-state index contributed by atoms with van der Waals surface area (Å²) in [6.45, 7) is 3.79. The Kier molecular flexibility index (Phi) is 4.33. The van der Waals surface area contributed by atoms with E-state index in [1.165, 1.54) is 0 Å². The summed E-state index contributed by atoms with van der Waals surface area (Å²) in [6.07, 6.45) is 0. The molecule has 2 aromatic carbocycles. The van der Waals surface area contributed by atoms with Gasteiger partial charge < -0.3 is 15.6 Å². The SMILES string of the molecule is Cc1cccc(C)c1NC(=O)CNC(=O)c1cc2ccccc2[nH]1. The summed E-state index contributed by atoms with van der Waals surface area (Å²) in [7, 11) is 0. The molecule has 0 saturated heterocycles. The van der Waals surface area contributed by atoms with E-state index in [1.54, 1.807) is 6.07 Å². The van der Waals surface area contributed by atoms with Crippen molar-refractivity contribution in [3.05, 3.63) is 65.4 Å². The van der Waals surface area contributed by atoms with Gasteiger partial charge in [0.1, 0.15) is 5.69 Å². The molecule has 0 bridgehead atoms. The fourth-order valence-corrected chi connectivity index (χ4v) is 2.65. The maximum absolute atomic E-state index is 12.2. The Balaban J connectivity index is 1.62. The van der Waals surface area contributed by atoms with Gasteiger partial charge in [-0.3, -0.25) is 9.59 Å². The van der Waals surface area contributed by atoms with Gasteiger partial charge in [-0.1, -0.05) is 36.4 Å². The van der Waals surface area contributed by atoms with Crippen LogP contribution in [0.2, 0.25) is 0 Å². The number of aromatic amines is 1. The van der Waals surface area contributed by atoms with Crippen LogP contribution in [0.3, 0.4) is 0 Å². The van der Waals surface area contributed by atoms with Crippen molar-refractivity contribution in [1.29, 1.82) is 0 Å². The number of carbonyl (C=O) groups is 2. The lowest BCUT2D eigenvalue weighted by Crippen LogP contribution is -2.33. The summed E-state index contributed by atoms with van der Waals surface area (Å²) in [4.78, 5) is 27.3. The highest BCUT2D eigenvalue weighted by molar-refractivity contribution is 6.01. The topological polar surface area (TPSA) is 74.0 Å². The molecule has 1 aromatic heterocycles. The molecule has 24 heavy (non-hydrogen) atoms. The average Bonchev–Trinajstić information content (AvgIpc) is 3.00. The first-order valence-electron chi connectivity index (χ1n) is 7.76. The molecule has 0 saturated carbocycles. The fourth-order valence-electron chi connectivity index (χ4n) is 2.65. The summed E-state index contributed by atoms with van der Waals surface area (Å²) in [5, 5.41) is 6.45. The van der Waals surface area contributed by atoms with Gasteiger partial charge >= 0.3 is 0 Å². The quantitative estimate of drug-likeness (QED) is 0.690. The second-order valence-electron chi connectivity index (χ2n) is 5.77. The highest BCUT2D eigenvalue weighted by Crippen LogP contribution is 2.19. The van der Waals surface area contributed by atoms with Crippen molar-refractivity contribution < 1.29 is 9.59 Å². The molecule has 5 heteroatoms. The molecule has 3 aromatic rings. The van der Waals surface area contributed by atoms with Crippen LogP contribution in [0.25, 0.3) is 10.9 Å². The summed E-state index contributed by atoms with van der Waals surface area (Å²) in [5.41, 5.74) is 4.11. The van der Waals surface area contributed by atoms with E-state index in [-0.39, 0.29) is 18.4 Å². The zero-order chi connectivity index (χ0) is 17.1. The summed E-state index contributed by atoms with van der Waals surface area (Å²) in [6, 6.07) is 15.2. The Morgan fingerprint density at radius 2 is 1.71 bits per heavy atom. The Morgan fingerprint density at radius 1 is 1.00 bits per heavy atom. The number of rotatable bonds is 4. The monoisotopic (exact) mass is 321 g/mol. The molecular formula is C19H19N3O2. The van der Waals surface area contributed by atoms with Crippen LogP contribution in [0.5, 0.6) is 0 Å². The van der Waals surface area contributed by atoms with Crippen LogP contribution < -0.4 is 10.6 Å². The van der Waals surface area contributed by atoms with Crippen molar-refractivity contribution >= 4 is 28.4 Å². The van der Waals surface area contributed by atoms with Gasteiger partial charge in [-0.15, -0.1) is 0 Å². The first-order valence-corrected chi connectivity index (χ1v) is 7.76. The molecule has 5 nitrogen and oxygen atoms in total. The second kappa shape index (κ2) is 6.58. The Labute approximate surface area is 140 Å². The number of amides is 2. The first kappa shape index (κ1) is 15.8. The molecule has 2 amide bonds. The molecule has 0 aliphatic carbocycles. The van der Waals surface area contributed by atoms with Gasteiger partial charge in [-0.05, 0) is 37.1 Å². The Morgan fingerprint density at radius 3 is 2.42 bits per heavy atom. The van der Waals surface area contributed by atoms with Crippen LogP contribution in [0.1, 0.15) is 21.6 Å². The minimum atomic E-state index is -0.303. The molecule has 3 rings (SSSR count). The Hall–Kier alpha value is -3.08. The van der Waals surface area contributed by atoms with E-state index >= 15 is 0 Å². The number of H-pyrrole nitrogens is 1. The van der Waals surface area contributed by atoms with E-state index < -0.39 is 0 Å². The van der Waals surface area contributed by atoms with Gasteiger partial charge in [0.05, 0.1) is 6.54 Å². The molecule has 0 aliphatic rings. The van der Waals surface area contributed by atoms with Gasteiger partial charge in [-0.25, -0.2) is 0 Å². The minimum absolute atomic E-state index is 0.0814. The smallest absolute Gasteiger partial charge is 0.268 e. The van der Waals surface area contributed by atoms with Crippen molar-refractivity contribution in [3.63, 3.8) is 0 Å². The van der Waals surface area contributed by atoms with Gasteiger partial charge in [0, 0.05) is 16.6 Å². The molecule has 0 spiro atoms. The molecule has 0 unspecified atom stereocenters. The molecule has 1 heterocycles. The van der Waals surface area contributed by atoms with E-state index in [4.69, 9.17) is 0 Å². The normalized spacial score (nSPS) is 10.6. The van der Waals surface area contributed by atoms with Gasteiger partial charge in [0.15, 0.2) is 0 Å². The van der Waals surface area contributed by atoms with Crippen molar-refractivity contribution in [2.24, 2.45) is 0 Å². The van der Waals surface area contributed by atoms with E-state index in [2.05, 4.69) is 15.6 Å². The number of benzene rings is 2. The van der Waals surface area contributed by atoms with Gasteiger partial charge in [0.25, 0.3) is 5.91 Å². The number of nitrogens with one attached hydrogen (secondary N) is 3. The zero-order valence-electron chi connectivity index (χ0n) is 13.6. The standard InChI is InChI=1S/C19H19N3O2/c1-12-6-5-7-13(2)18(12)22-17(23)11-20-19(24)16-10-14-8-3-4-9-15(14)21-16/h3-10,21H,11H2,1-2H3,(H,20,24)(H,22,23). The number of aromatic nitrogens is 1. The van der Waals surface area contributed by atoms with Crippen LogP contribution in [0.15, 0.2) is 48.5 Å². The maximum atomic E-state index is 12.2. The third-order valence-corrected chi connectivity index (χ3v) is 3.93. The molecule has 0 aliphatic heterocycles. The number of hydrogen-bond acceptors (Lipinski definition) is 2. The van der Waals surface area contributed by atoms with Crippen molar-refractivity contribution in [2.75, 3.05) is 11.9 Å². The summed E-state index contributed by atoms with van der Waals surface area (Å²) < 4.78 is 0. The van der Waals surface area contributed by atoms with Gasteiger partial charge in [0.2, 0.25) is 5.91 Å². The van der Waals surface area contributed by atoms with Gasteiger partial charge in [-0.2, -0.15) is 0 Å². The van der Waals surface area contributed by atoms with Crippen LogP contribution in [-0.2, 0) is 4.79 Å². The molecular weight excluding hydrogens is 302 g/mol. The molecule has 0 atom stereocenters. The van der Waals surface area contributed by atoms with Crippen LogP contribution >= 0.6 is 0 Å². The molecule has 0 radical (unpaired) electrons. The van der Waals surface area contributed by atoms with Crippen molar-refractivity contribution in [3.8, 4) is 0 Å². The third kappa shape index (κ3) is 3.30. The Bertz CT molecular complexity index is 859. The number of anilines is 1. The van der Waals surface area contributed by atoms with Crippen LogP contribution in [0, 0.1) is 13.8 Å². The highest BCUT2D eigenvalue weighted by atomic mass is 16.2. The second-order valence-corrected chi connectivity index (χ2v) is 5.77. The van der Waals surface area contributed by atoms with E-state index in [1.807, 2.05) is 56.3 Å². The number of hydrogen-bond donors (Lipinski definition) is 3. The average molecular weight is 321 g/mol. The predicted molar refractivity (Wildman–Crippen MR) is 95.2 cm³/mol. The minimum Gasteiger partial charge on any atom is -0.351 e. The molecule has 0 fully saturated rings. The van der Waals surface area contributed by atoms with Crippen LogP contribution in [-0.4, -0.2) is 23.3 Å². The fraction of sp³-hybridized carbons (Fsp3) is 0.158. The van der Waals surface area contributed by atoms with E-state index in [0.29, 0.717) is 5.69 Å². The lowest BCUT2D eigenvalue weighted by atomic mass is 10.1. The lowest BCUT2D eigenvalue weighted by molar-refractivity contribution is -0.115. The predicted octanol–water partition coefficient (Wildman–Crippen LogP) is 3.15. The third-order valence-electron chi connectivity index (χ3n) is 3.93. The molecule has 3 N–H and O–H groups in total. The maximum Gasteiger partial charge on any atom is 0.268 e. The first-order chi connectivity index (χ1) is 11.5. The van der Waals surface area contributed by atoms with E-state index in [0.717, 1.165) is 27.7 Å². The van der Waals surface area contributed by atoms with Crippen molar-refractivity contribution in [2.45, 2.75) is 13.8 Å². The van der Waals surface area contributed by atoms with Crippen LogP contribution in [0.4, 0.5) is 5.69 Å². The van der Waals surface area contributed by atoms with E-state index in [9.17, 15) is 9.59 Å². The largest absolute Gasteiger partial charge is 0.351 e. The highest BCUT2D eigenvalue weighted by Gasteiger charge is 2.12. The number of carbonyl (C=O) groups excluding carboxylic acids is 2. The summed E-state index contributed by atoms with van der Waals surface area (Å²) in [5.74, 6) is -0.556. The summed E-state index contributed by atoms with van der Waals surface area (Å²) >= 11 is 0. The molecule has 122 valence electrons. The van der Waals surface area contributed by atoms with Crippen molar-refractivity contribution in [1.82, 2.24) is 10.3 Å². The number of para-hydroxylation sites is 2. The number of aryl methyl sites for hydroxylation is 2. The number of fused-ring (bicyclic) bond motifs is 1. The zero-order valence-corrected chi connectivity index (χ0v) is 13.6. The lowest BCUT2D eigenvalue weighted by Gasteiger charge is -2.11.